The number of ether oxygens (including phenoxy) is 1. The van der Waals surface area contributed by atoms with Crippen LogP contribution in [-0.2, 0) is 4.79 Å². The lowest BCUT2D eigenvalue weighted by atomic mass is 9.95. The molecule has 1 atom stereocenters. The molecule has 2 aromatic rings. The number of carbonyl (C=O) groups excluding carboxylic acids is 1. The highest BCUT2D eigenvalue weighted by atomic mass is 16.5. The van der Waals surface area contributed by atoms with Crippen LogP contribution in [0.3, 0.4) is 0 Å². The Kier molecular flexibility index (Phi) is 6.38. The smallest absolute Gasteiger partial charge is 0.223 e. The third kappa shape index (κ3) is 5.25. The normalized spacial score (nSPS) is 16.0. The lowest BCUT2D eigenvalue weighted by Gasteiger charge is -2.33. The molecule has 1 aliphatic rings. The molecule has 144 valence electrons. The van der Waals surface area contributed by atoms with Crippen molar-refractivity contribution in [1.82, 2.24) is 5.32 Å². The Morgan fingerprint density at radius 1 is 1.11 bits per heavy atom. The van der Waals surface area contributed by atoms with Crippen LogP contribution < -0.4 is 15.0 Å². The van der Waals surface area contributed by atoms with Crippen molar-refractivity contribution in [2.45, 2.75) is 39.7 Å². The van der Waals surface area contributed by atoms with Crippen molar-refractivity contribution in [3.63, 3.8) is 0 Å². The molecule has 1 N–H and O–H groups in total. The Morgan fingerprint density at radius 2 is 1.78 bits per heavy atom. The Labute approximate surface area is 162 Å². The summed E-state index contributed by atoms with van der Waals surface area (Å²) in [6.07, 6.45) is 1.79. The minimum Gasteiger partial charge on any atom is -0.491 e. The van der Waals surface area contributed by atoms with Crippen LogP contribution in [0.5, 0.6) is 5.75 Å². The summed E-state index contributed by atoms with van der Waals surface area (Å²) in [5, 5.41) is 3.12. The van der Waals surface area contributed by atoms with E-state index >= 15 is 0 Å². The fourth-order valence-corrected chi connectivity index (χ4v) is 3.49. The van der Waals surface area contributed by atoms with Crippen LogP contribution in [0.15, 0.2) is 48.5 Å². The standard InChI is InChI=1S/C23H30N2O2/c1-17-8-10-21(11-9-17)25-14-12-20(13-15-25)23(26)24-19(3)16-27-22-7-5-4-6-18(22)2/h4-11,19-20H,12-16H2,1-3H3,(H,24,26). The van der Waals surface area contributed by atoms with Crippen molar-refractivity contribution in [3.05, 3.63) is 59.7 Å². The van der Waals surface area contributed by atoms with Crippen molar-refractivity contribution in [3.8, 4) is 5.75 Å². The number of nitrogens with one attached hydrogen (secondary N) is 1. The molecule has 3 rings (SSSR count). The minimum atomic E-state index is -0.00719. The minimum absolute atomic E-state index is 0.00719. The highest BCUT2D eigenvalue weighted by Gasteiger charge is 2.26. The summed E-state index contributed by atoms with van der Waals surface area (Å²) >= 11 is 0. The number of aryl methyl sites for hydroxylation is 2. The summed E-state index contributed by atoms with van der Waals surface area (Å²) in [4.78, 5) is 15.0. The average Bonchev–Trinajstić information content (AvgIpc) is 2.68. The van der Waals surface area contributed by atoms with E-state index in [-0.39, 0.29) is 17.9 Å². The van der Waals surface area contributed by atoms with Gasteiger partial charge >= 0.3 is 0 Å². The topological polar surface area (TPSA) is 41.6 Å². The Hall–Kier alpha value is -2.49. The zero-order valence-electron chi connectivity index (χ0n) is 16.6. The molecule has 1 aliphatic heterocycles. The van der Waals surface area contributed by atoms with Gasteiger partial charge in [0.2, 0.25) is 5.91 Å². The van der Waals surface area contributed by atoms with Gasteiger partial charge in [0, 0.05) is 24.7 Å². The van der Waals surface area contributed by atoms with Crippen LogP contribution in [0.4, 0.5) is 5.69 Å². The molecule has 0 saturated carbocycles. The van der Waals surface area contributed by atoms with Crippen molar-refractivity contribution >= 4 is 11.6 Å². The number of hydrogen-bond donors (Lipinski definition) is 1. The van der Waals surface area contributed by atoms with Crippen LogP contribution in [0, 0.1) is 19.8 Å². The first-order chi connectivity index (χ1) is 13.0. The number of carbonyl (C=O) groups is 1. The van der Waals surface area contributed by atoms with Gasteiger partial charge in [0.25, 0.3) is 0 Å². The maximum Gasteiger partial charge on any atom is 0.223 e. The van der Waals surface area contributed by atoms with Gasteiger partial charge in [0.05, 0.1) is 6.04 Å². The Bertz CT molecular complexity index is 749. The molecule has 27 heavy (non-hydrogen) atoms. The zero-order valence-corrected chi connectivity index (χ0v) is 16.6. The van der Waals surface area contributed by atoms with Gasteiger partial charge in [-0.2, -0.15) is 0 Å². The van der Waals surface area contributed by atoms with Crippen molar-refractivity contribution in [2.24, 2.45) is 5.92 Å². The number of amides is 1. The molecule has 4 heteroatoms. The number of para-hydroxylation sites is 1. The summed E-state index contributed by atoms with van der Waals surface area (Å²) in [7, 11) is 0. The molecule has 1 fully saturated rings. The molecule has 2 aromatic carbocycles. The van der Waals surface area contributed by atoms with Crippen LogP contribution >= 0.6 is 0 Å². The summed E-state index contributed by atoms with van der Waals surface area (Å²) in [5.41, 5.74) is 3.63. The quantitative estimate of drug-likeness (QED) is 0.837. The van der Waals surface area contributed by atoms with Gasteiger partial charge in [-0.15, -0.1) is 0 Å². The molecule has 1 saturated heterocycles. The molecule has 1 unspecified atom stereocenters. The van der Waals surface area contributed by atoms with Crippen LogP contribution in [-0.4, -0.2) is 31.6 Å². The van der Waals surface area contributed by atoms with Crippen LogP contribution in [0.2, 0.25) is 0 Å². The molecule has 0 radical (unpaired) electrons. The largest absolute Gasteiger partial charge is 0.491 e. The first-order valence-corrected chi connectivity index (χ1v) is 9.83. The first kappa shape index (κ1) is 19.3. The lowest BCUT2D eigenvalue weighted by molar-refractivity contribution is -0.126. The number of hydrogen-bond acceptors (Lipinski definition) is 3. The number of benzene rings is 2. The highest BCUT2D eigenvalue weighted by molar-refractivity contribution is 5.79. The van der Waals surface area contributed by atoms with E-state index in [1.807, 2.05) is 38.1 Å². The number of nitrogens with zero attached hydrogens (tertiary/aromatic N) is 1. The van der Waals surface area contributed by atoms with E-state index in [2.05, 4.69) is 41.4 Å². The van der Waals surface area contributed by atoms with E-state index < -0.39 is 0 Å². The fraction of sp³-hybridized carbons (Fsp3) is 0.435. The summed E-state index contributed by atoms with van der Waals surface area (Å²) in [5.74, 6) is 1.12. The number of rotatable bonds is 6. The maximum atomic E-state index is 12.6. The average molecular weight is 367 g/mol. The molecule has 1 amide bonds. The molecule has 1 heterocycles. The van der Waals surface area contributed by atoms with Gasteiger partial charge in [-0.05, 0) is 57.4 Å². The van der Waals surface area contributed by atoms with E-state index in [0.717, 1.165) is 37.2 Å². The van der Waals surface area contributed by atoms with Gasteiger partial charge in [0.15, 0.2) is 0 Å². The zero-order chi connectivity index (χ0) is 19.2. The third-order valence-corrected chi connectivity index (χ3v) is 5.24. The molecule has 0 aromatic heterocycles. The summed E-state index contributed by atoms with van der Waals surface area (Å²) in [6, 6.07) is 16.6. The molecule has 0 bridgehead atoms. The first-order valence-electron chi connectivity index (χ1n) is 9.83. The van der Waals surface area contributed by atoms with Gasteiger partial charge in [-0.25, -0.2) is 0 Å². The molecule has 0 aliphatic carbocycles. The highest BCUT2D eigenvalue weighted by Crippen LogP contribution is 2.24. The second-order valence-electron chi connectivity index (χ2n) is 7.58. The van der Waals surface area contributed by atoms with Gasteiger partial charge in [-0.1, -0.05) is 35.9 Å². The Balaban J connectivity index is 1.43. The molecular formula is C23H30N2O2. The number of anilines is 1. The SMILES string of the molecule is Cc1ccc(N2CCC(C(=O)NC(C)COc3ccccc3C)CC2)cc1. The van der Waals surface area contributed by atoms with Gasteiger partial charge in [-0.3, -0.25) is 4.79 Å². The lowest BCUT2D eigenvalue weighted by Crippen LogP contribution is -2.44. The summed E-state index contributed by atoms with van der Waals surface area (Å²) < 4.78 is 5.85. The van der Waals surface area contributed by atoms with Gasteiger partial charge in [0.1, 0.15) is 12.4 Å². The van der Waals surface area contributed by atoms with E-state index in [9.17, 15) is 4.79 Å². The van der Waals surface area contributed by atoms with Crippen molar-refractivity contribution in [2.75, 3.05) is 24.6 Å². The number of piperidine rings is 1. The fourth-order valence-electron chi connectivity index (χ4n) is 3.49. The van der Waals surface area contributed by atoms with Crippen molar-refractivity contribution < 1.29 is 9.53 Å². The molecule has 4 nitrogen and oxygen atoms in total. The van der Waals surface area contributed by atoms with E-state index in [4.69, 9.17) is 4.74 Å². The van der Waals surface area contributed by atoms with E-state index in [1.54, 1.807) is 0 Å². The predicted octanol–water partition coefficient (Wildman–Crippen LogP) is 4.10. The predicted molar refractivity (Wildman–Crippen MR) is 110 cm³/mol. The van der Waals surface area contributed by atoms with Crippen LogP contribution in [0.25, 0.3) is 0 Å². The monoisotopic (exact) mass is 366 g/mol. The van der Waals surface area contributed by atoms with Crippen molar-refractivity contribution in [1.29, 1.82) is 0 Å². The molecule has 0 spiro atoms. The second kappa shape index (κ2) is 8.94. The van der Waals surface area contributed by atoms with Gasteiger partial charge < -0.3 is 15.0 Å². The van der Waals surface area contributed by atoms with E-state index in [0.29, 0.717) is 6.61 Å². The Morgan fingerprint density at radius 3 is 2.44 bits per heavy atom. The third-order valence-electron chi connectivity index (χ3n) is 5.24. The summed E-state index contributed by atoms with van der Waals surface area (Å²) in [6.45, 7) is 8.46. The maximum absolute atomic E-state index is 12.6. The molecular weight excluding hydrogens is 336 g/mol. The van der Waals surface area contributed by atoms with Crippen LogP contribution in [0.1, 0.15) is 30.9 Å². The second-order valence-corrected chi connectivity index (χ2v) is 7.58. The van der Waals surface area contributed by atoms with E-state index in [1.165, 1.54) is 11.3 Å².